The maximum absolute atomic E-state index is 12.6. The van der Waals surface area contributed by atoms with Gasteiger partial charge in [-0.1, -0.05) is 24.2 Å². The van der Waals surface area contributed by atoms with Crippen LogP contribution in [0.5, 0.6) is 0 Å². The average Bonchev–Trinajstić information content (AvgIpc) is 3.30. The minimum Gasteiger partial charge on any atom is -0.390 e. The van der Waals surface area contributed by atoms with Gasteiger partial charge in [0.25, 0.3) is 5.91 Å². The van der Waals surface area contributed by atoms with Gasteiger partial charge in [0.2, 0.25) is 0 Å². The van der Waals surface area contributed by atoms with Crippen LogP contribution in [0, 0.1) is 6.92 Å². The topological polar surface area (TPSA) is 114 Å². The van der Waals surface area contributed by atoms with Crippen LogP contribution in [0.1, 0.15) is 35.8 Å². The van der Waals surface area contributed by atoms with Crippen molar-refractivity contribution in [1.82, 2.24) is 25.1 Å². The second-order valence-corrected chi connectivity index (χ2v) is 6.67. The average molecular weight is 380 g/mol. The molecule has 0 bridgehead atoms. The van der Waals surface area contributed by atoms with E-state index in [2.05, 4.69) is 25.8 Å². The van der Waals surface area contributed by atoms with Crippen LogP contribution in [-0.4, -0.2) is 44.1 Å². The Morgan fingerprint density at radius 1 is 1.43 bits per heavy atom. The summed E-state index contributed by atoms with van der Waals surface area (Å²) in [6, 6.07) is 7.21. The zero-order chi connectivity index (χ0) is 19.7. The summed E-state index contributed by atoms with van der Waals surface area (Å²) in [6.07, 6.45) is 3.01. The van der Waals surface area contributed by atoms with Crippen molar-refractivity contribution >= 4 is 17.1 Å². The van der Waals surface area contributed by atoms with Gasteiger partial charge in [-0.3, -0.25) is 4.79 Å². The SMILES string of the molecule is CCC1=NO[C@@H](CNC(=O)c2cccc(-c3c(C)nn4c(=O)[nH]ncc34)c2)C1. The Kier molecular flexibility index (Phi) is 4.64. The highest BCUT2D eigenvalue weighted by molar-refractivity contribution is 5.96. The molecule has 3 heterocycles. The fraction of sp³-hybridized carbons (Fsp3) is 0.316. The molecule has 1 atom stereocenters. The summed E-state index contributed by atoms with van der Waals surface area (Å²) < 4.78 is 1.27. The molecule has 0 spiro atoms. The molecule has 2 aromatic heterocycles. The van der Waals surface area contributed by atoms with E-state index in [0.717, 1.165) is 29.7 Å². The van der Waals surface area contributed by atoms with Crippen LogP contribution >= 0.6 is 0 Å². The van der Waals surface area contributed by atoms with Crippen LogP contribution in [0.2, 0.25) is 0 Å². The first-order valence-electron chi connectivity index (χ1n) is 9.10. The van der Waals surface area contributed by atoms with Gasteiger partial charge in [0.15, 0.2) is 0 Å². The van der Waals surface area contributed by atoms with Crippen molar-refractivity contribution in [2.75, 3.05) is 6.54 Å². The summed E-state index contributed by atoms with van der Waals surface area (Å²) in [5.41, 5.74) is 3.94. The van der Waals surface area contributed by atoms with E-state index in [0.29, 0.717) is 23.3 Å². The molecule has 0 fully saturated rings. The van der Waals surface area contributed by atoms with Crippen LogP contribution < -0.4 is 11.0 Å². The summed E-state index contributed by atoms with van der Waals surface area (Å²) in [5, 5.41) is 17.4. The lowest BCUT2D eigenvalue weighted by molar-refractivity contribution is 0.0753. The van der Waals surface area contributed by atoms with Gasteiger partial charge in [0.05, 0.1) is 24.1 Å². The third-order valence-corrected chi connectivity index (χ3v) is 4.74. The number of aryl methyl sites for hydroxylation is 1. The van der Waals surface area contributed by atoms with E-state index < -0.39 is 5.69 Å². The van der Waals surface area contributed by atoms with E-state index in [1.54, 1.807) is 24.4 Å². The van der Waals surface area contributed by atoms with Gasteiger partial charge in [0.1, 0.15) is 11.6 Å². The Labute approximate surface area is 160 Å². The number of hydrogen-bond donors (Lipinski definition) is 2. The molecule has 0 saturated carbocycles. The van der Waals surface area contributed by atoms with Crippen molar-refractivity contribution in [1.29, 1.82) is 0 Å². The van der Waals surface area contributed by atoms with Gasteiger partial charge in [-0.15, -0.1) is 0 Å². The Morgan fingerprint density at radius 3 is 3.07 bits per heavy atom. The monoisotopic (exact) mass is 380 g/mol. The predicted octanol–water partition coefficient (Wildman–Crippen LogP) is 1.68. The predicted molar refractivity (Wildman–Crippen MR) is 103 cm³/mol. The Morgan fingerprint density at radius 2 is 2.29 bits per heavy atom. The summed E-state index contributed by atoms with van der Waals surface area (Å²) in [5.74, 6) is -0.194. The van der Waals surface area contributed by atoms with Crippen molar-refractivity contribution in [2.24, 2.45) is 5.16 Å². The fourth-order valence-corrected chi connectivity index (χ4v) is 3.30. The molecule has 28 heavy (non-hydrogen) atoms. The number of hydrogen-bond acceptors (Lipinski definition) is 6. The summed E-state index contributed by atoms with van der Waals surface area (Å²) in [6.45, 7) is 4.24. The van der Waals surface area contributed by atoms with Crippen molar-refractivity contribution < 1.29 is 9.63 Å². The molecule has 0 radical (unpaired) electrons. The van der Waals surface area contributed by atoms with Crippen LogP contribution in [-0.2, 0) is 4.84 Å². The number of benzene rings is 1. The number of amides is 1. The number of carbonyl (C=O) groups is 1. The minimum absolute atomic E-state index is 0.123. The number of nitrogens with one attached hydrogen (secondary N) is 2. The van der Waals surface area contributed by atoms with E-state index in [4.69, 9.17) is 4.84 Å². The first-order valence-corrected chi connectivity index (χ1v) is 9.10. The summed E-state index contributed by atoms with van der Waals surface area (Å²) in [7, 11) is 0. The molecule has 9 nitrogen and oxygen atoms in total. The third kappa shape index (κ3) is 3.26. The Balaban J connectivity index is 1.55. The molecule has 1 aromatic carbocycles. The molecule has 0 unspecified atom stereocenters. The zero-order valence-corrected chi connectivity index (χ0v) is 15.6. The Bertz CT molecular complexity index is 1130. The van der Waals surface area contributed by atoms with E-state index in [-0.39, 0.29) is 12.0 Å². The second-order valence-electron chi connectivity index (χ2n) is 6.67. The number of H-pyrrole nitrogens is 1. The maximum Gasteiger partial charge on any atom is 0.363 e. The highest BCUT2D eigenvalue weighted by Crippen LogP contribution is 2.27. The lowest BCUT2D eigenvalue weighted by Gasteiger charge is -2.10. The number of oxime groups is 1. The number of fused-ring (bicyclic) bond motifs is 1. The highest BCUT2D eigenvalue weighted by atomic mass is 16.6. The van der Waals surface area contributed by atoms with Crippen LogP contribution in [0.15, 0.2) is 40.4 Å². The van der Waals surface area contributed by atoms with Gasteiger partial charge in [-0.2, -0.15) is 14.7 Å². The first-order chi connectivity index (χ1) is 13.6. The van der Waals surface area contributed by atoms with Crippen LogP contribution in [0.4, 0.5) is 0 Å². The normalized spacial score (nSPS) is 16.1. The minimum atomic E-state index is -0.411. The van der Waals surface area contributed by atoms with Gasteiger partial charge in [-0.25, -0.2) is 9.89 Å². The van der Waals surface area contributed by atoms with Gasteiger partial charge in [0, 0.05) is 17.5 Å². The number of carbonyl (C=O) groups excluding carboxylic acids is 1. The molecule has 0 saturated heterocycles. The number of rotatable bonds is 5. The Hall–Kier alpha value is -3.49. The van der Waals surface area contributed by atoms with Gasteiger partial charge < -0.3 is 10.2 Å². The van der Waals surface area contributed by atoms with Crippen molar-refractivity contribution in [3.8, 4) is 11.1 Å². The molecule has 0 aliphatic carbocycles. The number of aromatic amines is 1. The summed E-state index contributed by atoms with van der Waals surface area (Å²) in [4.78, 5) is 29.8. The molecule has 1 aliphatic heterocycles. The quantitative estimate of drug-likeness (QED) is 0.699. The fourth-order valence-electron chi connectivity index (χ4n) is 3.30. The van der Waals surface area contributed by atoms with Gasteiger partial charge >= 0.3 is 5.69 Å². The highest BCUT2D eigenvalue weighted by Gasteiger charge is 2.21. The van der Waals surface area contributed by atoms with Crippen molar-refractivity contribution in [3.05, 3.63) is 52.2 Å². The molecule has 4 rings (SSSR count). The lowest BCUT2D eigenvalue weighted by atomic mass is 10.0. The molecule has 1 amide bonds. The molecular weight excluding hydrogens is 360 g/mol. The van der Waals surface area contributed by atoms with Crippen molar-refractivity contribution in [3.63, 3.8) is 0 Å². The first kappa shape index (κ1) is 17.9. The smallest absolute Gasteiger partial charge is 0.363 e. The maximum atomic E-state index is 12.6. The summed E-state index contributed by atoms with van der Waals surface area (Å²) >= 11 is 0. The lowest BCUT2D eigenvalue weighted by Crippen LogP contribution is -2.32. The van der Waals surface area contributed by atoms with Crippen molar-refractivity contribution in [2.45, 2.75) is 32.8 Å². The third-order valence-electron chi connectivity index (χ3n) is 4.74. The van der Waals surface area contributed by atoms with Crippen LogP contribution in [0.3, 0.4) is 0 Å². The molecule has 3 aromatic rings. The second kappa shape index (κ2) is 7.26. The molecule has 144 valence electrons. The number of aromatic nitrogens is 4. The zero-order valence-electron chi connectivity index (χ0n) is 15.6. The van der Waals surface area contributed by atoms with E-state index in [1.165, 1.54) is 4.52 Å². The molecule has 1 aliphatic rings. The standard InChI is InChI=1S/C19H20N6O3/c1-3-14-8-15(28-24-14)9-20-18(26)13-6-4-5-12(7-13)17-11(2)23-25-16(17)10-21-22-19(25)27/h4-7,10,15H,3,8-9H2,1-2H3,(H,20,26)(H,22,27)/t15-/m1/s1. The van der Waals surface area contributed by atoms with Gasteiger partial charge in [-0.05, 0) is 31.0 Å². The molecule has 2 N–H and O–H groups in total. The number of nitrogens with zero attached hydrogens (tertiary/aromatic N) is 4. The largest absolute Gasteiger partial charge is 0.390 e. The van der Waals surface area contributed by atoms with E-state index >= 15 is 0 Å². The molecule has 9 heteroatoms. The van der Waals surface area contributed by atoms with E-state index in [1.807, 2.05) is 19.9 Å². The molecular formula is C19H20N6O3. The van der Waals surface area contributed by atoms with E-state index in [9.17, 15) is 9.59 Å². The van der Waals surface area contributed by atoms with Crippen LogP contribution in [0.25, 0.3) is 16.6 Å².